The number of rotatable bonds is 5. The minimum atomic E-state index is -2.00. The lowest BCUT2D eigenvalue weighted by molar-refractivity contribution is -0.150. The summed E-state index contributed by atoms with van der Waals surface area (Å²) in [6, 6.07) is 0. The lowest BCUT2D eigenvalue weighted by Gasteiger charge is -2.48. The molecule has 18 nitrogen and oxygen atoms in total. The topological polar surface area (TPSA) is 233 Å². The molecule has 18 heteroatoms. The van der Waals surface area contributed by atoms with Crippen LogP contribution in [0.25, 0.3) is 10.8 Å². The van der Waals surface area contributed by atoms with E-state index in [9.17, 15) is 34.8 Å². The number of piperidine rings is 1. The second-order valence-corrected chi connectivity index (χ2v) is 23.8. The number of methoxy groups -OCH3 is 1. The zero-order valence-electron chi connectivity index (χ0n) is 46.1. The van der Waals surface area contributed by atoms with Gasteiger partial charge in [-0.25, -0.2) is 4.79 Å². The molecule has 7 bridgehead atoms. The van der Waals surface area contributed by atoms with Crippen molar-refractivity contribution in [1.29, 1.82) is 0 Å². The monoisotopic (exact) mass is 1050 g/mol. The molecular weight excluding hydrogens is 973 g/mol. The first-order valence-electron chi connectivity index (χ1n) is 27.7. The van der Waals surface area contributed by atoms with Gasteiger partial charge >= 0.3 is 11.9 Å². The van der Waals surface area contributed by atoms with E-state index in [1.807, 2.05) is 11.8 Å². The molecule has 6 heterocycles. The minimum absolute atomic E-state index is 0.0254. The number of aromatic hydroxyl groups is 2. The number of carbonyl (C=O) groups is 4. The van der Waals surface area contributed by atoms with Crippen LogP contribution in [0.4, 0.5) is 10.5 Å². The highest BCUT2D eigenvalue weighted by Crippen LogP contribution is 2.52. The van der Waals surface area contributed by atoms with Crippen molar-refractivity contribution < 1.29 is 58.6 Å². The molecule has 3 amide bonds. The number of aliphatic hydroxyl groups excluding tert-OH is 2. The second kappa shape index (κ2) is 21.3. The van der Waals surface area contributed by atoms with Crippen LogP contribution >= 0.6 is 0 Å². The molecule has 414 valence electrons. The van der Waals surface area contributed by atoms with Crippen LogP contribution in [0.5, 0.6) is 17.2 Å². The summed E-state index contributed by atoms with van der Waals surface area (Å²) >= 11 is 0. The van der Waals surface area contributed by atoms with Gasteiger partial charge in [0, 0.05) is 118 Å². The summed E-state index contributed by atoms with van der Waals surface area (Å²) < 4.78 is 25.1. The van der Waals surface area contributed by atoms with Crippen LogP contribution in [0.3, 0.4) is 0 Å². The van der Waals surface area contributed by atoms with Crippen molar-refractivity contribution in [2.75, 3.05) is 58.2 Å². The number of Topliss-reactive ketones (excluding diaryl/α,β-unsaturated/α-hetero) is 1. The second-order valence-electron chi connectivity index (χ2n) is 23.8. The number of aliphatic hydroxyl groups is 2. The zero-order valence-corrected chi connectivity index (χ0v) is 46.1. The predicted octanol–water partition coefficient (Wildman–Crippen LogP) is 6.44. The Balaban J connectivity index is 1.06. The number of anilines is 1. The predicted molar refractivity (Wildman–Crippen MR) is 284 cm³/mol. The quantitative estimate of drug-likeness (QED) is 0.203. The first-order chi connectivity index (χ1) is 36.0. The Labute approximate surface area is 445 Å². The molecule has 2 saturated heterocycles. The molecule has 3 saturated carbocycles. The number of ether oxygens (including phenoxy) is 4. The van der Waals surface area contributed by atoms with Gasteiger partial charge in [-0.15, -0.1) is 0 Å². The van der Waals surface area contributed by atoms with E-state index < -0.39 is 83.1 Å². The van der Waals surface area contributed by atoms with E-state index in [0.717, 1.165) is 51.0 Å². The number of fused-ring (bicyclic) bond motifs is 16. The van der Waals surface area contributed by atoms with Crippen molar-refractivity contribution >= 4 is 40.2 Å². The fraction of sp³-hybridized carbons (Fsp3) is 0.655. The van der Waals surface area contributed by atoms with Crippen LogP contribution < -0.4 is 20.8 Å². The van der Waals surface area contributed by atoms with Crippen molar-refractivity contribution in [3.63, 3.8) is 0 Å². The number of allylic oxidation sites excluding steroid dienone is 2. The Kier molecular flexibility index (Phi) is 15.5. The van der Waals surface area contributed by atoms with Crippen LogP contribution in [0, 0.1) is 47.8 Å². The van der Waals surface area contributed by atoms with Gasteiger partial charge in [-0.2, -0.15) is 0 Å². The first kappa shape index (κ1) is 55.2. The fourth-order valence-corrected chi connectivity index (χ4v) is 13.2. The molecule has 5 N–H and O–H groups in total. The van der Waals surface area contributed by atoms with Crippen molar-refractivity contribution in [2.24, 2.45) is 50.9 Å². The summed E-state index contributed by atoms with van der Waals surface area (Å²) in [4.78, 5) is 73.6. The van der Waals surface area contributed by atoms with Gasteiger partial charge in [-0.05, 0) is 70.3 Å². The molecule has 9 aliphatic rings. The average Bonchev–Trinajstić information content (AvgIpc) is 3.98. The Morgan fingerprint density at radius 3 is 2.09 bits per heavy atom. The van der Waals surface area contributed by atoms with Crippen LogP contribution in [-0.2, 0) is 23.8 Å². The number of nitrogens with zero attached hydrogens (tertiary/aromatic N) is 5. The molecule has 2 aromatic rings. The summed E-state index contributed by atoms with van der Waals surface area (Å²) in [5.74, 6) is -5.36. The SMILES string of the molecule is CO[C@H]1/C=C/O[C@@]2(C)Oc3c(C)c(O)c4c(O)c(c5c(c4c3C2=O)=NC2(CCN(CC(C)C)CC2)N=5)NC(=O)/C(C)=C\C=C\[C@H](C)[C@H](O)[C@@H](C)[C@@H](O)[C@@H](C)[C@H](OC(=O)N2CCN(C(=O)C34CCC(CC3)CC4)CC2)[C@@H]1C. The number of hydrogen-bond acceptors (Lipinski definition) is 15. The highest BCUT2D eigenvalue weighted by molar-refractivity contribution is 6.19. The third-order valence-corrected chi connectivity index (χ3v) is 18.2. The summed E-state index contributed by atoms with van der Waals surface area (Å²) in [5, 5.41) is 51.4. The van der Waals surface area contributed by atoms with Gasteiger partial charge in [0.25, 0.3) is 11.7 Å². The Morgan fingerprint density at radius 2 is 1.46 bits per heavy atom. The number of nitrogens with one attached hydrogen (secondary N) is 1. The van der Waals surface area contributed by atoms with E-state index in [2.05, 4.69) is 24.1 Å². The number of amides is 3. The number of likely N-dealkylation sites (tertiary alicyclic amines) is 1. The van der Waals surface area contributed by atoms with E-state index in [1.54, 1.807) is 63.8 Å². The molecule has 0 radical (unpaired) electrons. The molecule has 11 rings (SSSR count). The highest BCUT2D eigenvalue weighted by atomic mass is 16.7. The van der Waals surface area contributed by atoms with Crippen molar-refractivity contribution in [1.82, 2.24) is 14.7 Å². The Morgan fingerprint density at radius 1 is 0.829 bits per heavy atom. The molecule has 76 heavy (non-hydrogen) atoms. The van der Waals surface area contributed by atoms with Gasteiger partial charge in [0.05, 0.1) is 40.9 Å². The zero-order chi connectivity index (χ0) is 54.8. The summed E-state index contributed by atoms with van der Waals surface area (Å²) in [6.45, 7) is 19.7. The molecule has 5 fully saturated rings. The van der Waals surface area contributed by atoms with Crippen LogP contribution in [0.15, 0.2) is 46.1 Å². The summed E-state index contributed by atoms with van der Waals surface area (Å²) in [5.41, 5.74) is -0.930. The maximum absolute atomic E-state index is 15.0. The average molecular weight is 1050 g/mol. The lowest BCUT2D eigenvalue weighted by atomic mass is 9.60. The molecule has 6 aliphatic heterocycles. The maximum Gasteiger partial charge on any atom is 0.410 e. The number of phenolic OH excluding ortho intramolecular Hbond substituents is 2. The van der Waals surface area contributed by atoms with Crippen LogP contribution in [0.2, 0.25) is 0 Å². The fourth-order valence-electron chi connectivity index (χ4n) is 13.2. The van der Waals surface area contributed by atoms with E-state index in [4.69, 9.17) is 28.9 Å². The van der Waals surface area contributed by atoms with E-state index >= 15 is 4.79 Å². The normalized spacial score (nSPS) is 34.5. The van der Waals surface area contributed by atoms with Gasteiger partial charge in [0.1, 0.15) is 28.6 Å². The minimum Gasteiger partial charge on any atom is -0.507 e. The van der Waals surface area contributed by atoms with Gasteiger partial charge in [0.2, 0.25) is 5.91 Å². The van der Waals surface area contributed by atoms with Gasteiger partial charge < -0.3 is 59.4 Å². The largest absolute Gasteiger partial charge is 0.507 e. The van der Waals surface area contributed by atoms with Crippen LogP contribution in [0.1, 0.15) is 123 Å². The van der Waals surface area contributed by atoms with E-state index in [-0.39, 0.29) is 79.8 Å². The summed E-state index contributed by atoms with van der Waals surface area (Å²) in [6.07, 6.45) is 10.2. The van der Waals surface area contributed by atoms with E-state index in [0.29, 0.717) is 44.9 Å². The maximum atomic E-state index is 15.0. The molecule has 3 aliphatic carbocycles. The first-order valence-corrected chi connectivity index (χ1v) is 27.7. The van der Waals surface area contributed by atoms with Gasteiger partial charge in [-0.1, -0.05) is 59.8 Å². The molecule has 0 unspecified atom stereocenters. The third-order valence-electron chi connectivity index (χ3n) is 18.2. The Hall–Kier alpha value is -5.56. The van der Waals surface area contributed by atoms with Crippen molar-refractivity contribution in [3.8, 4) is 17.2 Å². The number of carbonyl (C=O) groups excluding carboxylic acids is 4. The molecule has 9 atom stereocenters. The van der Waals surface area contributed by atoms with Crippen molar-refractivity contribution in [3.05, 3.63) is 58.0 Å². The number of benzene rings is 2. The molecule has 2 aromatic carbocycles. The smallest absolute Gasteiger partial charge is 0.410 e. The number of hydrogen-bond donors (Lipinski definition) is 5. The van der Waals surface area contributed by atoms with Crippen molar-refractivity contribution in [2.45, 2.75) is 150 Å². The number of piperazine rings is 1. The number of ketones is 1. The molecular formula is C58H80N6O12. The van der Waals surface area contributed by atoms with Crippen LogP contribution in [-0.4, -0.2) is 148 Å². The summed E-state index contributed by atoms with van der Waals surface area (Å²) in [7, 11) is 1.48. The molecule has 0 aromatic heterocycles. The number of phenols is 2. The Bertz CT molecular complexity index is 2830. The van der Waals surface area contributed by atoms with Gasteiger partial charge in [0.15, 0.2) is 11.4 Å². The third kappa shape index (κ3) is 10.00. The van der Waals surface area contributed by atoms with Gasteiger partial charge in [-0.3, -0.25) is 24.4 Å². The van der Waals surface area contributed by atoms with E-state index in [1.165, 1.54) is 20.3 Å². The molecule has 1 spiro atoms. The standard InChI is InChI=1S/C58H80N6O12/c1-31(2)30-62-23-21-58(22-24-62)60-43-40-41-48(67)37(8)51-42(40)52(69)56(9,76-51)74-29-17-39(73-10)34(5)50(75-55(72)64-27-25-63(26-28-64)54(71)57-18-14-38(15-19-57)16-20-57)36(7)47(66)35(6)46(65)32(3)12-11-13-33(4)53(70)59-45(49(41)68)44(43)61-58/h11-13,17,29,31-32,34-36,38-39,46-47,50,65-68H,14-16,18-28,30H2,1-10H3,(H,59,70)/b12-11+,29-17+,33-13-/t32-,34+,35+,36+,38?,39-,46-,47+,50+,56-,57?/m0/s1. The highest BCUT2D eigenvalue weighted by Gasteiger charge is 2.51. The lowest BCUT2D eigenvalue weighted by Crippen LogP contribution is -2.56.